The number of aryl methyl sites for hydroxylation is 1. The minimum absolute atomic E-state index is 0.415. The van der Waals surface area contributed by atoms with E-state index < -0.39 is 17.7 Å². The number of aliphatic carboxylic acids is 1. The number of hydrogen-bond donors (Lipinski definition) is 1. The predicted molar refractivity (Wildman–Crippen MR) is 150 cm³/mol. The lowest BCUT2D eigenvalue weighted by atomic mass is 9.76. The first kappa shape index (κ1) is 27.8. The maximum absolute atomic E-state index is 12.6. The van der Waals surface area contributed by atoms with Crippen molar-refractivity contribution < 1.29 is 24.1 Å². The molecule has 3 aliphatic rings. The van der Waals surface area contributed by atoms with Gasteiger partial charge in [0.25, 0.3) is 0 Å². The molecule has 0 aromatic carbocycles. The van der Waals surface area contributed by atoms with Crippen LogP contribution in [0.25, 0.3) is 11.3 Å². The van der Waals surface area contributed by atoms with Gasteiger partial charge in [-0.15, -0.1) is 0 Å². The fraction of sp³-hybridized carbons (Fsp3) is 0.645. The zero-order valence-corrected chi connectivity index (χ0v) is 23.9. The van der Waals surface area contributed by atoms with E-state index in [-0.39, 0.29) is 0 Å². The maximum Gasteiger partial charge on any atom is 0.337 e. The Hall–Kier alpha value is -2.71. The smallest absolute Gasteiger partial charge is 0.337 e. The van der Waals surface area contributed by atoms with E-state index in [0.717, 1.165) is 62.5 Å². The number of rotatable bonds is 8. The summed E-state index contributed by atoms with van der Waals surface area (Å²) in [5.74, 6) is 0.122. The average molecular weight is 538 g/mol. The largest absolute Gasteiger partial charge is 0.492 e. The molecule has 8 heteroatoms. The number of nitrogens with zero attached hydrogens (tertiary/aromatic N) is 3. The molecule has 2 saturated heterocycles. The van der Waals surface area contributed by atoms with E-state index >= 15 is 0 Å². The van der Waals surface area contributed by atoms with Crippen molar-refractivity contribution in [3.63, 3.8) is 0 Å². The van der Waals surface area contributed by atoms with Crippen LogP contribution in [0.1, 0.15) is 83.1 Å². The third kappa shape index (κ3) is 6.38. The summed E-state index contributed by atoms with van der Waals surface area (Å²) in [5.41, 5.74) is 3.56. The van der Waals surface area contributed by atoms with Crippen molar-refractivity contribution in [1.29, 1.82) is 0 Å². The van der Waals surface area contributed by atoms with Gasteiger partial charge in [-0.25, -0.2) is 4.79 Å². The molecule has 8 nitrogen and oxygen atoms in total. The molecule has 0 amide bonds. The second-order valence-corrected chi connectivity index (χ2v) is 12.6. The average Bonchev–Trinajstić information content (AvgIpc) is 3.59. The van der Waals surface area contributed by atoms with Crippen molar-refractivity contribution in [2.45, 2.75) is 84.3 Å². The quantitative estimate of drug-likeness (QED) is 0.440. The normalized spacial score (nSPS) is 21.8. The summed E-state index contributed by atoms with van der Waals surface area (Å²) in [7, 11) is 0. The molecule has 5 rings (SSSR count). The van der Waals surface area contributed by atoms with Crippen LogP contribution < -0.4 is 9.64 Å². The van der Waals surface area contributed by atoms with E-state index in [9.17, 15) is 9.90 Å². The highest BCUT2D eigenvalue weighted by Gasteiger charge is 2.40. The van der Waals surface area contributed by atoms with Gasteiger partial charge in [-0.3, -0.25) is 9.97 Å². The minimum Gasteiger partial charge on any atom is -0.492 e. The van der Waals surface area contributed by atoms with Crippen molar-refractivity contribution in [2.75, 3.05) is 37.8 Å². The number of aromatic nitrogens is 2. The van der Waals surface area contributed by atoms with Gasteiger partial charge in [0.05, 0.1) is 36.4 Å². The second kappa shape index (κ2) is 11.4. The number of pyridine rings is 2. The molecule has 212 valence electrons. The van der Waals surface area contributed by atoms with E-state index in [2.05, 4.69) is 9.88 Å². The lowest BCUT2D eigenvalue weighted by molar-refractivity contribution is -0.160. The molecule has 1 N–H and O–H groups in total. The SMILES string of the molecule is Cc1ncc(-c2ccc(OCC3CCOC3)cn2)c(N2CCC3(CCCC3)CC2)c1[C@H](OC(C)(C)C)C(=O)O. The van der Waals surface area contributed by atoms with Crippen LogP contribution in [0.5, 0.6) is 5.75 Å². The third-order valence-electron chi connectivity index (χ3n) is 8.57. The summed E-state index contributed by atoms with van der Waals surface area (Å²) in [5, 5.41) is 10.3. The molecule has 4 heterocycles. The zero-order chi connectivity index (χ0) is 27.6. The van der Waals surface area contributed by atoms with Gasteiger partial charge in [-0.2, -0.15) is 0 Å². The first-order valence-corrected chi connectivity index (χ1v) is 14.5. The second-order valence-electron chi connectivity index (χ2n) is 12.6. The third-order valence-corrected chi connectivity index (χ3v) is 8.57. The minimum atomic E-state index is -1.13. The van der Waals surface area contributed by atoms with E-state index in [1.54, 1.807) is 6.20 Å². The molecule has 2 aromatic heterocycles. The first-order valence-electron chi connectivity index (χ1n) is 14.5. The number of ether oxygens (including phenoxy) is 3. The highest BCUT2D eigenvalue weighted by atomic mass is 16.5. The molecule has 0 bridgehead atoms. The molecule has 1 spiro atoms. The van der Waals surface area contributed by atoms with Crippen LogP contribution in [0, 0.1) is 18.3 Å². The Morgan fingerprint density at radius 3 is 2.49 bits per heavy atom. The van der Waals surface area contributed by atoms with Gasteiger partial charge in [0.2, 0.25) is 0 Å². The van der Waals surface area contributed by atoms with Gasteiger partial charge in [-0.1, -0.05) is 12.8 Å². The van der Waals surface area contributed by atoms with Crippen LogP contribution in [0.3, 0.4) is 0 Å². The van der Waals surface area contributed by atoms with Gasteiger partial charge < -0.3 is 24.2 Å². The summed E-state index contributed by atoms with van der Waals surface area (Å²) in [6.07, 6.45) is 11.0. The Bertz CT molecular complexity index is 1140. The summed E-state index contributed by atoms with van der Waals surface area (Å²) in [4.78, 5) is 24.4. The number of carboxylic acids is 1. The molecule has 2 aliphatic heterocycles. The lowest BCUT2D eigenvalue weighted by Gasteiger charge is -2.42. The van der Waals surface area contributed by atoms with E-state index in [1.807, 2.05) is 46.0 Å². The molecule has 1 aliphatic carbocycles. The fourth-order valence-corrected chi connectivity index (χ4v) is 6.42. The number of carbonyl (C=O) groups is 1. The van der Waals surface area contributed by atoms with Gasteiger partial charge >= 0.3 is 5.97 Å². The molecule has 2 atom stereocenters. The van der Waals surface area contributed by atoms with Crippen LogP contribution in [-0.2, 0) is 14.3 Å². The highest BCUT2D eigenvalue weighted by molar-refractivity contribution is 5.85. The van der Waals surface area contributed by atoms with Crippen molar-refractivity contribution >= 4 is 11.7 Å². The topological polar surface area (TPSA) is 94.0 Å². The molecule has 3 fully saturated rings. The first-order chi connectivity index (χ1) is 18.6. The molecule has 1 unspecified atom stereocenters. The number of anilines is 1. The predicted octanol–water partition coefficient (Wildman–Crippen LogP) is 5.97. The molecule has 0 radical (unpaired) electrons. The summed E-state index contributed by atoms with van der Waals surface area (Å²) in [6, 6.07) is 3.88. The van der Waals surface area contributed by atoms with Gasteiger partial charge in [0.1, 0.15) is 5.75 Å². The Morgan fingerprint density at radius 1 is 1.15 bits per heavy atom. The van der Waals surface area contributed by atoms with Crippen molar-refractivity contribution in [2.24, 2.45) is 11.3 Å². The molecule has 2 aromatic rings. The van der Waals surface area contributed by atoms with E-state index in [4.69, 9.17) is 19.2 Å². The van der Waals surface area contributed by atoms with Crippen LogP contribution in [0.4, 0.5) is 5.69 Å². The van der Waals surface area contributed by atoms with Gasteiger partial charge in [0.15, 0.2) is 6.10 Å². The zero-order valence-electron chi connectivity index (χ0n) is 23.9. The Balaban J connectivity index is 1.50. The van der Waals surface area contributed by atoms with Crippen LogP contribution in [-0.4, -0.2) is 59.6 Å². The monoisotopic (exact) mass is 537 g/mol. The van der Waals surface area contributed by atoms with Crippen LogP contribution >= 0.6 is 0 Å². The van der Waals surface area contributed by atoms with Gasteiger partial charge in [-0.05, 0) is 77.3 Å². The molecule has 39 heavy (non-hydrogen) atoms. The molecule has 1 saturated carbocycles. The summed E-state index contributed by atoms with van der Waals surface area (Å²) >= 11 is 0. The standard InChI is InChI=1S/C31H43N3O5/c1-21-26(28(29(35)36)39-30(2,3)4)27(34-14-12-31(13-15-34)10-5-6-11-31)24(18-32-21)25-8-7-23(17-33-25)38-20-22-9-16-37-19-22/h7-8,17-18,22,28H,5-6,9-16,19-20H2,1-4H3,(H,35,36)/t22?,28-/m0/s1. The van der Waals surface area contributed by atoms with Crippen LogP contribution in [0.2, 0.25) is 0 Å². The number of piperidine rings is 1. The van der Waals surface area contributed by atoms with Crippen molar-refractivity contribution in [3.8, 4) is 17.0 Å². The number of carboxylic acid groups (broad SMARTS) is 1. The van der Waals surface area contributed by atoms with E-state index in [1.165, 1.54) is 25.7 Å². The Labute approximate surface area is 232 Å². The maximum atomic E-state index is 12.6. The van der Waals surface area contributed by atoms with Gasteiger partial charge in [0, 0.05) is 48.6 Å². The summed E-state index contributed by atoms with van der Waals surface area (Å²) < 4.78 is 17.6. The number of hydrogen-bond acceptors (Lipinski definition) is 7. The van der Waals surface area contributed by atoms with Crippen molar-refractivity contribution in [3.05, 3.63) is 35.8 Å². The Morgan fingerprint density at radius 2 is 1.90 bits per heavy atom. The van der Waals surface area contributed by atoms with E-state index in [0.29, 0.717) is 34.9 Å². The van der Waals surface area contributed by atoms with Crippen molar-refractivity contribution in [1.82, 2.24) is 9.97 Å². The lowest BCUT2D eigenvalue weighted by Crippen LogP contribution is -2.40. The molecular weight excluding hydrogens is 494 g/mol. The highest BCUT2D eigenvalue weighted by Crippen LogP contribution is 2.49. The Kier molecular flexibility index (Phi) is 8.15. The van der Waals surface area contributed by atoms with Crippen LogP contribution in [0.15, 0.2) is 24.5 Å². The summed E-state index contributed by atoms with van der Waals surface area (Å²) in [6.45, 7) is 11.5. The molecular formula is C31H43N3O5. The fourth-order valence-electron chi connectivity index (χ4n) is 6.42.